The molecule has 7 heteroatoms. The number of rotatable bonds is 5. The first kappa shape index (κ1) is 19.2. The molecule has 3 atom stereocenters. The number of ether oxygens (including phenoxy) is 1. The van der Waals surface area contributed by atoms with Crippen molar-refractivity contribution in [2.24, 2.45) is 11.7 Å². The van der Waals surface area contributed by atoms with Crippen molar-refractivity contribution < 1.29 is 14.3 Å². The Labute approximate surface area is 176 Å². The first-order valence-electron chi connectivity index (χ1n) is 8.93. The minimum atomic E-state index is -0.547. The van der Waals surface area contributed by atoms with Crippen LogP contribution in [0.2, 0.25) is 0 Å². The number of esters is 1. The van der Waals surface area contributed by atoms with Crippen molar-refractivity contribution in [1.82, 2.24) is 4.90 Å². The number of halogens is 1. The summed E-state index contributed by atoms with van der Waals surface area (Å²) in [5.41, 5.74) is 7.92. The van der Waals surface area contributed by atoms with Gasteiger partial charge in [0, 0.05) is 5.75 Å². The summed E-state index contributed by atoms with van der Waals surface area (Å²) >= 11 is 4.89. The van der Waals surface area contributed by atoms with E-state index >= 15 is 0 Å². The van der Waals surface area contributed by atoms with Crippen LogP contribution in [0.5, 0.6) is 0 Å². The number of nitrogens with zero attached hydrogens (tertiary/aromatic N) is 1. The third-order valence-corrected chi connectivity index (χ3v) is 6.64. The summed E-state index contributed by atoms with van der Waals surface area (Å²) in [7, 11) is 0. The van der Waals surface area contributed by atoms with E-state index in [1.807, 2.05) is 60.7 Å². The number of thioether (sulfide) groups is 1. The second-order valence-corrected chi connectivity index (χ2v) is 8.81. The van der Waals surface area contributed by atoms with Gasteiger partial charge in [0.1, 0.15) is 5.70 Å². The normalized spacial score (nSPS) is 22.2. The predicted molar refractivity (Wildman–Crippen MR) is 112 cm³/mol. The van der Waals surface area contributed by atoms with Crippen LogP contribution < -0.4 is 5.73 Å². The largest absolute Gasteiger partial charge is 0.448 e. The zero-order valence-electron chi connectivity index (χ0n) is 14.9. The highest BCUT2D eigenvalue weighted by atomic mass is 79.9. The maximum atomic E-state index is 13.0. The quantitative estimate of drug-likeness (QED) is 0.321. The number of alkyl halides is 1. The molecule has 2 heterocycles. The molecule has 1 amide bonds. The van der Waals surface area contributed by atoms with E-state index in [-0.39, 0.29) is 17.2 Å². The highest BCUT2D eigenvalue weighted by Crippen LogP contribution is 2.44. The zero-order chi connectivity index (χ0) is 19.7. The Morgan fingerprint density at radius 2 is 1.68 bits per heavy atom. The lowest BCUT2D eigenvalue weighted by Crippen LogP contribution is -2.64. The summed E-state index contributed by atoms with van der Waals surface area (Å²) in [5, 5.41) is -0.138. The third-order valence-electron chi connectivity index (χ3n) is 4.87. The minimum absolute atomic E-state index is 0.138. The molecule has 28 heavy (non-hydrogen) atoms. The van der Waals surface area contributed by atoms with E-state index in [1.54, 1.807) is 17.8 Å². The standard InChI is InChI=1S/C21H19BrN2O3S/c22-18(23)16-19(25)24-15(11-12-28-20(16)24)21(26)27-17(13-7-3-1-4-8-13)14-9-5-2-6-10-14/h1-11,16-18,20H,12,23H2/t16-,18?,20-/m1/s1. The van der Waals surface area contributed by atoms with Crippen molar-refractivity contribution in [3.8, 4) is 0 Å². The fourth-order valence-electron chi connectivity index (χ4n) is 3.47. The van der Waals surface area contributed by atoms with Crippen molar-refractivity contribution >= 4 is 39.6 Å². The number of amides is 1. The maximum absolute atomic E-state index is 13.0. The number of hydrogen-bond donors (Lipinski definition) is 1. The Morgan fingerprint density at radius 3 is 2.21 bits per heavy atom. The van der Waals surface area contributed by atoms with Crippen LogP contribution in [0.15, 0.2) is 72.4 Å². The summed E-state index contributed by atoms with van der Waals surface area (Å²) in [4.78, 5) is 26.6. The molecule has 4 rings (SSSR count). The van der Waals surface area contributed by atoms with Crippen LogP contribution in [0.1, 0.15) is 17.2 Å². The van der Waals surface area contributed by atoms with E-state index in [4.69, 9.17) is 10.5 Å². The van der Waals surface area contributed by atoms with Crippen LogP contribution in [0, 0.1) is 5.92 Å². The van der Waals surface area contributed by atoms with Gasteiger partial charge in [-0.2, -0.15) is 0 Å². The highest BCUT2D eigenvalue weighted by Gasteiger charge is 2.54. The lowest BCUT2D eigenvalue weighted by atomic mass is 9.96. The Hall–Kier alpha value is -2.09. The van der Waals surface area contributed by atoms with Gasteiger partial charge < -0.3 is 10.5 Å². The molecule has 0 radical (unpaired) electrons. The monoisotopic (exact) mass is 458 g/mol. The van der Waals surface area contributed by atoms with Crippen molar-refractivity contribution in [3.63, 3.8) is 0 Å². The average Bonchev–Trinajstić information content (AvgIpc) is 2.72. The molecule has 2 aromatic carbocycles. The first-order valence-corrected chi connectivity index (χ1v) is 10.9. The first-order chi connectivity index (χ1) is 13.6. The van der Waals surface area contributed by atoms with Crippen LogP contribution >= 0.6 is 27.7 Å². The lowest BCUT2D eigenvalue weighted by molar-refractivity contribution is -0.156. The fourth-order valence-corrected chi connectivity index (χ4v) is 5.50. The smallest absolute Gasteiger partial charge is 0.355 e. The van der Waals surface area contributed by atoms with Crippen LogP contribution in [0.4, 0.5) is 0 Å². The molecule has 0 bridgehead atoms. The molecule has 2 aromatic rings. The number of hydrogen-bond acceptors (Lipinski definition) is 5. The average molecular weight is 459 g/mol. The molecule has 2 N–H and O–H groups in total. The summed E-state index contributed by atoms with van der Waals surface area (Å²) in [5.74, 6) is -0.351. The van der Waals surface area contributed by atoms with E-state index in [9.17, 15) is 9.59 Å². The molecular weight excluding hydrogens is 440 g/mol. The van der Waals surface area contributed by atoms with E-state index in [1.165, 1.54) is 4.90 Å². The van der Waals surface area contributed by atoms with E-state index < -0.39 is 17.0 Å². The van der Waals surface area contributed by atoms with Gasteiger partial charge in [0.2, 0.25) is 5.91 Å². The second-order valence-electron chi connectivity index (χ2n) is 6.60. The molecule has 2 aliphatic heterocycles. The number of carbonyl (C=O) groups is 2. The summed E-state index contributed by atoms with van der Waals surface area (Å²) in [6.45, 7) is 0. The summed E-state index contributed by atoms with van der Waals surface area (Å²) in [6.07, 6.45) is 1.21. The maximum Gasteiger partial charge on any atom is 0.355 e. The van der Waals surface area contributed by atoms with Gasteiger partial charge in [-0.25, -0.2) is 4.79 Å². The van der Waals surface area contributed by atoms with Gasteiger partial charge in [-0.15, -0.1) is 11.8 Å². The molecule has 2 aliphatic rings. The molecule has 0 saturated carbocycles. The SMILES string of the molecule is NC(Br)[C@@H]1C(=O)N2C(C(=O)OC(c3ccccc3)c3ccccc3)=CCS[C@H]12. The fraction of sp³-hybridized carbons (Fsp3) is 0.238. The molecule has 144 valence electrons. The van der Waals surface area contributed by atoms with Crippen molar-refractivity contribution in [3.05, 3.63) is 83.6 Å². The van der Waals surface area contributed by atoms with Crippen LogP contribution in [0.3, 0.4) is 0 Å². The number of benzene rings is 2. The summed E-state index contributed by atoms with van der Waals surface area (Å²) in [6, 6.07) is 19.2. The molecular formula is C21H19BrN2O3S. The molecule has 1 unspecified atom stereocenters. The van der Waals surface area contributed by atoms with Crippen molar-refractivity contribution in [2.75, 3.05) is 5.75 Å². The van der Waals surface area contributed by atoms with E-state index in [0.29, 0.717) is 11.4 Å². The van der Waals surface area contributed by atoms with Gasteiger partial charge in [0.25, 0.3) is 0 Å². The molecule has 0 aliphatic carbocycles. The van der Waals surface area contributed by atoms with Crippen molar-refractivity contribution in [2.45, 2.75) is 16.4 Å². The van der Waals surface area contributed by atoms with Gasteiger partial charge in [-0.1, -0.05) is 76.6 Å². The molecule has 0 spiro atoms. The Kier molecular flexibility index (Phi) is 5.57. The number of β-lactam (4-membered cyclic amide) rings is 1. The molecule has 5 nitrogen and oxygen atoms in total. The predicted octanol–water partition coefficient (Wildman–Crippen LogP) is 3.41. The summed E-state index contributed by atoms with van der Waals surface area (Å²) < 4.78 is 5.91. The molecule has 1 saturated heterocycles. The Bertz CT molecular complexity index is 865. The van der Waals surface area contributed by atoms with E-state index in [0.717, 1.165) is 11.1 Å². The van der Waals surface area contributed by atoms with Gasteiger partial charge in [-0.3, -0.25) is 9.69 Å². The van der Waals surface area contributed by atoms with Crippen LogP contribution in [-0.4, -0.2) is 32.9 Å². The van der Waals surface area contributed by atoms with Gasteiger partial charge in [0.15, 0.2) is 6.10 Å². The lowest BCUT2D eigenvalue weighted by Gasteiger charge is -2.49. The second kappa shape index (κ2) is 8.11. The van der Waals surface area contributed by atoms with Gasteiger partial charge >= 0.3 is 5.97 Å². The number of fused-ring (bicyclic) bond motifs is 1. The topological polar surface area (TPSA) is 72.6 Å². The molecule has 1 fully saturated rings. The van der Waals surface area contributed by atoms with Crippen LogP contribution in [0.25, 0.3) is 0 Å². The van der Waals surface area contributed by atoms with Crippen LogP contribution in [-0.2, 0) is 14.3 Å². The Morgan fingerprint density at radius 1 is 1.11 bits per heavy atom. The van der Waals surface area contributed by atoms with E-state index in [2.05, 4.69) is 15.9 Å². The minimum Gasteiger partial charge on any atom is -0.448 e. The van der Waals surface area contributed by atoms with Gasteiger partial charge in [0.05, 0.1) is 16.2 Å². The van der Waals surface area contributed by atoms with Crippen molar-refractivity contribution in [1.29, 1.82) is 0 Å². The third kappa shape index (κ3) is 3.50. The Balaban J connectivity index is 1.59. The number of carbonyl (C=O) groups excluding carboxylic acids is 2. The zero-order valence-corrected chi connectivity index (χ0v) is 17.3. The van der Waals surface area contributed by atoms with Gasteiger partial charge in [-0.05, 0) is 17.2 Å². The molecule has 0 aromatic heterocycles. The number of nitrogens with two attached hydrogens (primary N) is 1. The highest BCUT2D eigenvalue weighted by molar-refractivity contribution is 9.09.